The van der Waals surface area contributed by atoms with Gasteiger partial charge in [0.25, 0.3) is 0 Å². The molecule has 0 unspecified atom stereocenters. The third-order valence-electron chi connectivity index (χ3n) is 9.80. The minimum Gasteiger partial charge on any atom is -0.278 e. The van der Waals surface area contributed by atoms with E-state index in [0.717, 1.165) is 22.2 Å². The highest BCUT2D eigenvalue weighted by atomic mass is 32.1. The van der Waals surface area contributed by atoms with Crippen LogP contribution in [0, 0.1) is 0 Å². The van der Waals surface area contributed by atoms with Crippen LogP contribution in [0.5, 0.6) is 0 Å². The maximum atomic E-state index is 5.35. The fraction of sp³-hybridized carbons (Fsp3) is 0. The van der Waals surface area contributed by atoms with Crippen LogP contribution in [-0.4, -0.2) is 19.5 Å². The van der Waals surface area contributed by atoms with Gasteiger partial charge in [-0.25, -0.2) is 4.98 Å². The smallest absolute Gasteiger partial charge is 0.238 e. The first-order chi connectivity index (χ1) is 23.8. The van der Waals surface area contributed by atoms with Crippen LogP contribution in [0.3, 0.4) is 0 Å². The monoisotopic (exact) mass is 628 g/mol. The lowest BCUT2D eigenvalue weighted by Gasteiger charge is -2.14. The van der Waals surface area contributed by atoms with E-state index >= 15 is 0 Å². The minimum absolute atomic E-state index is 0.609. The summed E-state index contributed by atoms with van der Waals surface area (Å²) in [6, 6.07) is 51.8. The maximum absolute atomic E-state index is 5.35. The number of hydrogen-bond acceptors (Lipinski definition) is 4. The van der Waals surface area contributed by atoms with Crippen LogP contribution in [0.1, 0.15) is 0 Å². The number of nitrogens with zero attached hydrogens (tertiary/aromatic N) is 4. The zero-order valence-electron chi connectivity index (χ0n) is 25.6. The molecule has 0 aliphatic heterocycles. The summed E-state index contributed by atoms with van der Waals surface area (Å²) in [6.07, 6.45) is 0. The number of thiophene rings is 1. The predicted octanol–water partition coefficient (Wildman–Crippen LogP) is 11.5. The molecule has 0 atom stereocenters. The SMILES string of the molecule is c1ccc(-c2nc(-c3cccc4sc5ccccc5c34)nc(-n3c4cccc5c4c4c6c(cccc6ccc43)-c3ccccc3-5)n2)cc1. The van der Waals surface area contributed by atoms with Crippen molar-refractivity contribution in [3.63, 3.8) is 0 Å². The Labute approximate surface area is 279 Å². The maximum Gasteiger partial charge on any atom is 0.238 e. The molecule has 3 heterocycles. The third-order valence-corrected chi connectivity index (χ3v) is 10.9. The Morgan fingerprint density at radius 3 is 1.92 bits per heavy atom. The van der Waals surface area contributed by atoms with Crippen molar-refractivity contribution in [1.29, 1.82) is 0 Å². The van der Waals surface area contributed by atoms with Crippen molar-refractivity contribution in [1.82, 2.24) is 19.5 Å². The van der Waals surface area contributed by atoms with Crippen molar-refractivity contribution in [3.8, 4) is 51.0 Å². The Kier molecular flexibility index (Phi) is 5.23. The second kappa shape index (κ2) is 9.67. The summed E-state index contributed by atoms with van der Waals surface area (Å²) in [7, 11) is 0. The van der Waals surface area contributed by atoms with Gasteiger partial charge in [-0.15, -0.1) is 11.3 Å². The Bertz CT molecular complexity index is 2950. The number of fused-ring (bicyclic) bond motifs is 6. The Morgan fingerprint density at radius 2 is 1.04 bits per heavy atom. The van der Waals surface area contributed by atoms with Gasteiger partial charge in [0.2, 0.25) is 5.95 Å². The average molecular weight is 629 g/mol. The number of rotatable bonds is 3. The molecule has 10 aromatic rings. The fourth-order valence-corrected chi connectivity index (χ4v) is 8.94. The molecular formula is C43H24N4S. The van der Waals surface area contributed by atoms with Crippen LogP contribution in [0.2, 0.25) is 0 Å². The summed E-state index contributed by atoms with van der Waals surface area (Å²) >= 11 is 1.81. The molecule has 4 nitrogen and oxygen atoms in total. The minimum atomic E-state index is 0.609. The summed E-state index contributed by atoms with van der Waals surface area (Å²) in [5.74, 6) is 1.92. The van der Waals surface area contributed by atoms with Crippen LogP contribution in [-0.2, 0) is 0 Å². The molecule has 0 bridgehead atoms. The largest absolute Gasteiger partial charge is 0.278 e. The van der Waals surface area contributed by atoms with E-state index in [0.29, 0.717) is 17.6 Å². The molecule has 7 aromatic carbocycles. The summed E-state index contributed by atoms with van der Waals surface area (Å²) in [6.45, 7) is 0. The molecule has 1 aliphatic carbocycles. The lowest BCUT2D eigenvalue weighted by molar-refractivity contribution is 0.954. The molecule has 0 radical (unpaired) electrons. The zero-order valence-corrected chi connectivity index (χ0v) is 26.4. The highest BCUT2D eigenvalue weighted by Gasteiger charge is 2.26. The van der Waals surface area contributed by atoms with Crippen molar-refractivity contribution >= 4 is 64.1 Å². The summed E-state index contributed by atoms with van der Waals surface area (Å²) in [5.41, 5.74) is 9.10. The van der Waals surface area contributed by atoms with E-state index in [1.54, 1.807) is 11.3 Å². The van der Waals surface area contributed by atoms with Gasteiger partial charge in [0.15, 0.2) is 11.6 Å². The van der Waals surface area contributed by atoms with Crippen LogP contribution in [0.4, 0.5) is 0 Å². The molecule has 0 N–H and O–H groups in total. The van der Waals surface area contributed by atoms with Crippen molar-refractivity contribution in [2.24, 2.45) is 0 Å². The van der Waals surface area contributed by atoms with Crippen LogP contribution in [0.25, 0.3) is 104 Å². The van der Waals surface area contributed by atoms with Gasteiger partial charge >= 0.3 is 0 Å². The molecule has 1 aliphatic rings. The number of aromatic nitrogens is 4. The molecule has 0 saturated heterocycles. The molecule has 0 fully saturated rings. The van der Waals surface area contributed by atoms with E-state index in [-0.39, 0.29) is 0 Å². The quantitative estimate of drug-likeness (QED) is 0.196. The predicted molar refractivity (Wildman–Crippen MR) is 200 cm³/mol. The van der Waals surface area contributed by atoms with E-state index in [1.807, 2.05) is 18.2 Å². The number of benzene rings is 7. The summed E-state index contributed by atoms with van der Waals surface area (Å²) in [5, 5.41) is 7.35. The Balaban J connectivity index is 1.29. The topological polar surface area (TPSA) is 43.6 Å². The molecule has 48 heavy (non-hydrogen) atoms. The lowest BCUT2D eigenvalue weighted by Crippen LogP contribution is -2.06. The molecule has 5 heteroatoms. The molecule has 11 rings (SSSR count). The van der Waals surface area contributed by atoms with E-state index < -0.39 is 0 Å². The van der Waals surface area contributed by atoms with Gasteiger partial charge in [-0.05, 0) is 57.3 Å². The van der Waals surface area contributed by atoms with E-state index in [1.165, 1.54) is 64.0 Å². The molecule has 0 spiro atoms. The summed E-state index contributed by atoms with van der Waals surface area (Å²) in [4.78, 5) is 15.8. The fourth-order valence-electron chi connectivity index (χ4n) is 7.81. The van der Waals surface area contributed by atoms with E-state index in [2.05, 4.69) is 132 Å². The average Bonchev–Trinajstić information content (AvgIpc) is 3.67. The Morgan fingerprint density at radius 1 is 0.396 bits per heavy atom. The molecule has 0 saturated carbocycles. The van der Waals surface area contributed by atoms with Crippen LogP contribution in [0.15, 0.2) is 146 Å². The normalized spacial score (nSPS) is 12.2. The molecule has 222 valence electrons. The van der Waals surface area contributed by atoms with Crippen molar-refractivity contribution in [2.45, 2.75) is 0 Å². The van der Waals surface area contributed by atoms with Crippen LogP contribution >= 0.6 is 11.3 Å². The van der Waals surface area contributed by atoms with Gasteiger partial charge in [-0.1, -0.05) is 121 Å². The molecule has 3 aromatic heterocycles. The van der Waals surface area contributed by atoms with Gasteiger partial charge in [-0.3, -0.25) is 4.57 Å². The van der Waals surface area contributed by atoms with Gasteiger partial charge in [0, 0.05) is 42.1 Å². The summed E-state index contributed by atoms with van der Waals surface area (Å²) < 4.78 is 4.73. The first-order valence-electron chi connectivity index (χ1n) is 16.1. The van der Waals surface area contributed by atoms with Crippen LogP contribution < -0.4 is 0 Å². The Hall–Kier alpha value is -6.17. The second-order valence-corrected chi connectivity index (χ2v) is 13.5. The van der Waals surface area contributed by atoms with Crippen molar-refractivity contribution < 1.29 is 0 Å². The highest BCUT2D eigenvalue weighted by Crippen LogP contribution is 2.49. The highest BCUT2D eigenvalue weighted by molar-refractivity contribution is 7.25. The van der Waals surface area contributed by atoms with Gasteiger partial charge in [-0.2, -0.15) is 9.97 Å². The standard InChI is InChI=1S/C43H24N4S/c1-2-11-26(12-3-1)41-44-42(32-19-10-22-36-38(32)31-16-6-7-21-35(31)48-36)46-43(45-41)47-33-20-9-18-30-28-15-5-4-14-27(28)29-17-8-13-25-23-24-34(47)40(37(25)29)39(30)33/h1-24H. The first-order valence-corrected chi connectivity index (χ1v) is 16.9. The van der Waals surface area contributed by atoms with E-state index in [9.17, 15) is 0 Å². The zero-order chi connectivity index (χ0) is 31.3. The van der Waals surface area contributed by atoms with Crippen molar-refractivity contribution in [2.75, 3.05) is 0 Å². The third kappa shape index (κ3) is 3.51. The van der Waals surface area contributed by atoms with Gasteiger partial charge < -0.3 is 0 Å². The number of hydrogen-bond donors (Lipinski definition) is 0. The first kappa shape index (κ1) is 26.0. The van der Waals surface area contributed by atoms with Gasteiger partial charge in [0.1, 0.15) is 0 Å². The lowest BCUT2D eigenvalue weighted by atomic mass is 9.93. The second-order valence-electron chi connectivity index (χ2n) is 12.4. The molecular weight excluding hydrogens is 605 g/mol. The molecule has 0 amide bonds. The van der Waals surface area contributed by atoms with E-state index in [4.69, 9.17) is 15.0 Å². The van der Waals surface area contributed by atoms with Gasteiger partial charge in [0.05, 0.1) is 11.0 Å². The van der Waals surface area contributed by atoms with Crippen molar-refractivity contribution in [3.05, 3.63) is 146 Å².